The number of rotatable bonds is 6. The van der Waals surface area contributed by atoms with Crippen LogP contribution >= 0.6 is 0 Å². The van der Waals surface area contributed by atoms with Gasteiger partial charge in [-0.3, -0.25) is 0 Å². The zero-order chi connectivity index (χ0) is 21.1. The van der Waals surface area contributed by atoms with Crippen molar-refractivity contribution in [3.8, 4) is 22.9 Å². The predicted octanol–water partition coefficient (Wildman–Crippen LogP) is 4.16. The highest BCUT2D eigenvalue weighted by Gasteiger charge is 2.25. The summed E-state index contributed by atoms with van der Waals surface area (Å²) < 4.78 is 18.0. The molecular formula is C22H20N4O4. The monoisotopic (exact) mass is 404 g/mol. The first-order chi connectivity index (χ1) is 14.5. The van der Waals surface area contributed by atoms with Crippen LogP contribution in [0.4, 0.5) is 0 Å². The molecule has 0 aliphatic rings. The number of nitrogens with zero attached hydrogens (tertiary/aromatic N) is 4. The number of esters is 1. The van der Waals surface area contributed by atoms with E-state index in [2.05, 4.69) is 15.3 Å². The molecule has 4 aromatic rings. The summed E-state index contributed by atoms with van der Waals surface area (Å²) in [6.45, 7) is 3.66. The van der Waals surface area contributed by atoms with Crippen LogP contribution in [0.3, 0.4) is 0 Å². The lowest BCUT2D eigenvalue weighted by atomic mass is 10.1. The van der Waals surface area contributed by atoms with Crippen molar-refractivity contribution in [1.29, 1.82) is 0 Å². The molecule has 4 rings (SSSR count). The average Bonchev–Trinajstić information content (AvgIpc) is 3.42. The zero-order valence-electron chi connectivity index (χ0n) is 16.8. The van der Waals surface area contributed by atoms with Crippen LogP contribution < -0.4 is 4.74 Å². The Kier molecular flexibility index (Phi) is 5.30. The highest BCUT2D eigenvalue weighted by molar-refractivity contribution is 5.90. The van der Waals surface area contributed by atoms with E-state index in [1.54, 1.807) is 17.8 Å². The third-order valence-corrected chi connectivity index (χ3v) is 4.49. The molecule has 0 aliphatic heterocycles. The van der Waals surface area contributed by atoms with E-state index < -0.39 is 12.1 Å². The summed E-state index contributed by atoms with van der Waals surface area (Å²) >= 11 is 0. The van der Waals surface area contributed by atoms with Crippen LogP contribution in [0.5, 0.6) is 5.75 Å². The van der Waals surface area contributed by atoms with Crippen LogP contribution in [-0.2, 0) is 4.74 Å². The largest absolute Gasteiger partial charge is 0.493 e. The van der Waals surface area contributed by atoms with Crippen molar-refractivity contribution in [2.75, 3.05) is 7.11 Å². The fourth-order valence-electron chi connectivity index (χ4n) is 2.84. The molecule has 0 fully saturated rings. The molecular weight excluding hydrogens is 384 g/mol. The first-order valence-electron chi connectivity index (χ1n) is 9.35. The molecule has 0 bridgehead atoms. The summed E-state index contributed by atoms with van der Waals surface area (Å²) in [4.78, 5) is 12.7. The van der Waals surface area contributed by atoms with Crippen LogP contribution in [0.25, 0.3) is 17.1 Å². The van der Waals surface area contributed by atoms with E-state index in [1.165, 1.54) is 7.11 Å². The van der Waals surface area contributed by atoms with Crippen molar-refractivity contribution < 1.29 is 18.7 Å². The Morgan fingerprint density at radius 1 is 1.07 bits per heavy atom. The Balaban J connectivity index is 1.51. The molecule has 2 heterocycles. The van der Waals surface area contributed by atoms with Crippen molar-refractivity contribution in [2.24, 2.45) is 0 Å². The number of methoxy groups -OCH3 is 1. The van der Waals surface area contributed by atoms with Crippen LogP contribution in [0, 0.1) is 6.92 Å². The molecule has 1 atom stereocenters. The maximum atomic E-state index is 12.7. The lowest BCUT2D eigenvalue weighted by Gasteiger charge is -2.08. The second kappa shape index (κ2) is 8.20. The Morgan fingerprint density at radius 3 is 2.50 bits per heavy atom. The SMILES string of the molecule is COc1cn(-c2ccccc2)nc1C(=O)OC(C)c1nnc(-c2ccc(C)cc2)o1. The predicted molar refractivity (Wildman–Crippen MR) is 108 cm³/mol. The number of aryl methyl sites for hydroxylation is 1. The van der Waals surface area contributed by atoms with Gasteiger partial charge in [0.15, 0.2) is 11.9 Å². The Morgan fingerprint density at radius 2 is 1.80 bits per heavy atom. The van der Waals surface area contributed by atoms with Crippen LogP contribution in [-0.4, -0.2) is 33.1 Å². The van der Waals surface area contributed by atoms with Gasteiger partial charge in [0, 0.05) is 5.56 Å². The number of carbonyl (C=O) groups excluding carboxylic acids is 1. The van der Waals surface area contributed by atoms with E-state index >= 15 is 0 Å². The van der Waals surface area contributed by atoms with Gasteiger partial charge in [0.05, 0.1) is 19.0 Å². The standard InChI is InChI=1S/C22H20N4O4/c1-14-9-11-16(12-10-14)21-24-23-20(30-21)15(2)29-22(27)19-18(28-3)13-26(25-19)17-7-5-4-6-8-17/h4-13,15H,1-3H3. The van der Waals surface area contributed by atoms with Crippen LogP contribution in [0.15, 0.2) is 65.2 Å². The van der Waals surface area contributed by atoms with E-state index in [-0.39, 0.29) is 11.6 Å². The molecule has 1 unspecified atom stereocenters. The summed E-state index contributed by atoms with van der Waals surface area (Å²) in [7, 11) is 1.47. The zero-order valence-corrected chi connectivity index (χ0v) is 16.8. The van der Waals surface area contributed by atoms with Gasteiger partial charge in [-0.25, -0.2) is 9.48 Å². The quantitative estimate of drug-likeness (QED) is 0.446. The number of hydrogen-bond donors (Lipinski definition) is 0. The first kappa shape index (κ1) is 19.4. The molecule has 30 heavy (non-hydrogen) atoms. The van der Waals surface area contributed by atoms with E-state index in [0.717, 1.165) is 16.8 Å². The third kappa shape index (κ3) is 3.93. The van der Waals surface area contributed by atoms with Crippen molar-refractivity contribution in [2.45, 2.75) is 20.0 Å². The van der Waals surface area contributed by atoms with Gasteiger partial charge in [0.2, 0.25) is 11.6 Å². The van der Waals surface area contributed by atoms with E-state index in [9.17, 15) is 4.79 Å². The minimum Gasteiger partial charge on any atom is -0.493 e. The van der Waals surface area contributed by atoms with Gasteiger partial charge >= 0.3 is 5.97 Å². The van der Waals surface area contributed by atoms with E-state index in [1.807, 2.05) is 61.5 Å². The molecule has 0 amide bonds. The van der Waals surface area contributed by atoms with Gasteiger partial charge in [-0.15, -0.1) is 10.2 Å². The van der Waals surface area contributed by atoms with E-state index in [4.69, 9.17) is 13.9 Å². The van der Waals surface area contributed by atoms with Crippen molar-refractivity contribution in [3.63, 3.8) is 0 Å². The fraction of sp³-hybridized carbons (Fsp3) is 0.182. The van der Waals surface area contributed by atoms with Crippen LogP contribution in [0.1, 0.15) is 35.0 Å². The molecule has 0 spiro atoms. The summed E-state index contributed by atoms with van der Waals surface area (Å²) in [5.41, 5.74) is 2.78. The van der Waals surface area contributed by atoms with Gasteiger partial charge in [0.1, 0.15) is 0 Å². The number of para-hydroxylation sites is 1. The molecule has 0 radical (unpaired) electrons. The van der Waals surface area contributed by atoms with Crippen LogP contribution in [0.2, 0.25) is 0 Å². The maximum Gasteiger partial charge on any atom is 0.363 e. The summed E-state index contributed by atoms with van der Waals surface area (Å²) in [5.74, 6) is 0.213. The lowest BCUT2D eigenvalue weighted by molar-refractivity contribution is 0.0269. The first-order valence-corrected chi connectivity index (χ1v) is 9.35. The summed E-state index contributed by atoms with van der Waals surface area (Å²) in [6.07, 6.45) is 0.870. The Hall–Kier alpha value is -3.94. The molecule has 0 saturated heterocycles. The Labute approximate surface area is 173 Å². The number of carbonyl (C=O) groups is 1. The fourth-order valence-corrected chi connectivity index (χ4v) is 2.84. The molecule has 8 heteroatoms. The summed E-state index contributed by atoms with van der Waals surface area (Å²) in [5, 5.41) is 12.4. The van der Waals surface area contributed by atoms with Gasteiger partial charge in [-0.05, 0) is 38.1 Å². The minimum atomic E-state index is -0.754. The average molecular weight is 404 g/mol. The molecule has 0 saturated carbocycles. The third-order valence-electron chi connectivity index (χ3n) is 4.49. The molecule has 152 valence electrons. The number of ether oxygens (including phenoxy) is 2. The highest BCUT2D eigenvalue weighted by Crippen LogP contribution is 2.25. The summed E-state index contributed by atoms with van der Waals surface area (Å²) in [6, 6.07) is 17.1. The minimum absolute atomic E-state index is 0.0616. The second-order valence-corrected chi connectivity index (χ2v) is 6.69. The molecule has 0 aliphatic carbocycles. The Bertz CT molecular complexity index is 1150. The normalized spacial score (nSPS) is 11.8. The molecule has 0 N–H and O–H groups in total. The molecule has 2 aromatic carbocycles. The highest BCUT2D eigenvalue weighted by atomic mass is 16.6. The topological polar surface area (TPSA) is 92.3 Å². The van der Waals surface area contributed by atoms with Crippen molar-refractivity contribution >= 4 is 5.97 Å². The number of aromatic nitrogens is 4. The molecule has 8 nitrogen and oxygen atoms in total. The van der Waals surface area contributed by atoms with Gasteiger partial charge in [-0.1, -0.05) is 35.9 Å². The smallest absolute Gasteiger partial charge is 0.363 e. The van der Waals surface area contributed by atoms with Gasteiger partial charge < -0.3 is 13.9 Å². The second-order valence-electron chi connectivity index (χ2n) is 6.69. The van der Waals surface area contributed by atoms with Gasteiger partial charge in [-0.2, -0.15) is 5.10 Å². The van der Waals surface area contributed by atoms with E-state index in [0.29, 0.717) is 11.6 Å². The number of benzene rings is 2. The van der Waals surface area contributed by atoms with Crippen molar-refractivity contribution in [3.05, 3.63) is 77.9 Å². The lowest BCUT2D eigenvalue weighted by Crippen LogP contribution is -2.11. The molecule has 2 aromatic heterocycles. The maximum absolute atomic E-state index is 12.7. The van der Waals surface area contributed by atoms with Gasteiger partial charge in [0.25, 0.3) is 5.89 Å². The number of hydrogen-bond acceptors (Lipinski definition) is 7. The van der Waals surface area contributed by atoms with Crippen molar-refractivity contribution in [1.82, 2.24) is 20.0 Å².